The fourth-order valence-electron chi connectivity index (χ4n) is 1.67. The molecule has 1 amide bonds. The Balaban J connectivity index is 2.31. The predicted molar refractivity (Wildman–Crippen MR) is 69.2 cm³/mol. The number of hydrogen-bond acceptors (Lipinski definition) is 7. The molecule has 1 aromatic carbocycles. The fourth-order valence-corrected chi connectivity index (χ4v) is 1.67. The van der Waals surface area contributed by atoms with Crippen LogP contribution in [0.1, 0.15) is 21.6 Å². The average molecular weight is 277 g/mol. The molecule has 0 aliphatic heterocycles. The third kappa shape index (κ3) is 2.41. The number of nitrogen functional groups attached to an aromatic ring is 1. The van der Waals surface area contributed by atoms with E-state index in [0.29, 0.717) is 16.8 Å². The minimum atomic E-state index is -0.597. The molecule has 20 heavy (non-hydrogen) atoms. The van der Waals surface area contributed by atoms with Gasteiger partial charge in [-0.3, -0.25) is 14.9 Å². The Morgan fingerprint density at radius 2 is 2.05 bits per heavy atom. The van der Waals surface area contributed by atoms with Crippen LogP contribution in [0, 0.1) is 24.0 Å². The molecule has 0 saturated carbocycles. The van der Waals surface area contributed by atoms with Gasteiger partial charge in [-0.2, -0.15) is 0 Å². The fraction of sp³-hybridized carbons (Fsp3) is 0.182. The third-order valence-corrected chi connectivity index (χ3v) is 2.72. The van der Waals surface area contributed by atoms with Crippen molar-refractivity contribution < 1.29 is 14.3 Å². The van der Waals surface area contributed by atoms with Crippen LogP contribution < -0.4 is 11.1 Å². The molecule has 0 saturated heterocycles. The van der Waals surface area contributed by atoms with E-state index in [4.69, 9.17) is 5.73 Å². The van der Waals surface area contributed by atoms with Crippen molar-refractivity contribution in [1.82, 2.24) is 10.3 Å². The second kappa shape index (κ2) is 4.96. The molecule has 0 bridgehead atoms. The van der Waals surface area contributed by atoms with Crippen LogP contribution in [0.2, 0.25) is 0 Å². The van der Waals surface area contributed by atoms with E-state index in [1.807, 2.05) is 0 Å². The minimum absolute atomic E-state index is 0.0110. The van der Waals surface area contributed by atoms with Gasteiger partial charge in [-0.05, 0) is 35.8 Å². The number of aromatic nitrogens is 2. The smallest absolute Gasteiger partial charge is 0.281 e. The molecule has 0 aliphatic rings. The monoisotopic (exact) mass is 277 g/mol. The second-order valence-corrected chi connectivity index (χ2v) is 4.16. The number of nitrogens with zero attached hydrogens (tertiary/aromatic N) is 3. The number of carbonyl (C=O) groups excluding carboxylic acids is 1. The van der Waals surface area contributed by atoms with E-state index in [1.54, 1.807) is 13.8 Å². The van der Waals surface area contributed by atoms with Gasteiger partial charge in [0.05, 0.1) is 4.92 Å². The summed E-state index contributed by atoms with van der Waals surface area (Å²) in [6.07, 6.45) is 0. The van der Waals surface area contributed by atoms with Gasteiger partial charge in [-0.1, -0.05) is 0 Å². The maximum atomic E-state index is 11.9. The molecule has 0 spiro atoms. The maximum Gasteiger partial charge on any atom is 0.281 e. The van der Waals surface area contributed by atoms with E-state index in [9.17, 15) is 14.9 Å². The normalized spacial score (nSPS) is 10.3. The summed E-state index contributed by atoms with van der Waals surface area (Å²) >= 11 is 0. The lowest BCUT2D eigenvalue weighted by molar-refractivity contribution is -0.385. The molecule has 0 fully saturated rings. The first-order valence-electron chi connectivity index (χ1n) is 5.55. The highest BCUT2D eigenvalue weighted by Crippen LogP contribution is 2.26. The largest absolute Gasteiger partial charge is 0.379 e. The van der Waals surface area contributed by atoms with Crippen LogP contribution in [0.3, 0.4) is 0 Å². The van der Waals surface area contributed by atoms with Crippen molar-refractivity contribution >= 4 is 23.1 Å². The highest BCUT2D eigenvalue weighted by molar-refractivity contribution is 6.05. The summed E-state index contributed by atoms with van der Waals surface area (Å²) < 4.78 is 4.33. The quantitative estimate of drug-likeness (QED) is 0.639. The first-order valence-corrected chi connectivity index (χ1v) is 5.55. The number of amides is 1. The number of nitro groups is 1. The Morgan fingerprint density at radius 1 is 1.35 bits per heavy atom. The molecule has 1 aromatic heterocycles. The average Bonchev–Trinajstić information content (AvgIpc) is 2.79. The lowest BCUT2D eigenvalue weighted by Crippen LogP contribution is -2.15. The van der Waals surface area contributed by atoms with Crippen molar-refractivity contribution in [2.45, 2.75) is 13.8 Å². The van der Waals surface area contributed by atoms with Gasteiger partial charge in [0.25, 0.3) is 11.6 Å². The zero-order valence-corrected chi connectivity index (χ0v) is 10.7. The number of rotatable bonds is 3. The number of nitrogens with one attached hydrogen (secondary N) is 1. The van der Waals surface area contributed by atoms with Gasteiger partial charge >= 0.3 is 0 Å². The van der Waals surface area contributed by atoms with Crippen LogP contribution >= 0.6 is 0 Å². The van der Waals surface area contributed by atoms with E-state index in [0.717, 1.165) is 0 Å². The molecule has 9 heteroatoms. The molecule has 3 N–H and O–H groups in total. The van der Waals surface area contributed by atoms with Gasteiger partial charge in [0, 0.05) is 17.3 Å². The van der Waals surface area contributed by atoms with Gasteiger partial charge < -0.3 is 11.1 Å². The van der Waals surface area contributed by atoms with Crippen LogP contribution in [-0.4, -0.2) is 21.1 Å². The van der Waals surface area contributed by atoms with Crippen molar-refractivity contribution in [2.75, 3.05) is 11.1 Å². The van der Waals surface area contributed by atoms with Crippen molar-refractivity contribution in [3.05, 3.63) is 39.1 Å². The van der Waals surface area contributed by atoms with Crippen molar-refractivity contribution in [2.24, 2.45) is 0 Å². The molecule has 0 atom stereocenters. The SMILES string of the molecule is Cc1cc([N+](=O)[O-])c(C)cc1NC(=O)c1nonc1N. The third-order valence-electron chi connectivity index (χ3n) is 2.72. The summed E-state index contributed by atoms with van der Waals surface area (Å²) in [6.45, 7) is 3.23. The van der Waals surface area contributed by atoms with Crippen LogP contribution in [0.5, 0.6) is 0 Å². The van der Waals surface area contributed by atoms with E-state index in [-0.39, 0.29) is 17.2 Å². The summed E-state index contributed by atoms with van der Waals surface area (Å²) in [5.41, 5.74) is 6.67. The molecule has 2 rings (SSSR count). The van der Waals surface area contributed by atoms with Gasteiger partial charge in [0.2, 0.25) is 11.5 Å². The topological polar surface area (TPSA) is 137 Å². The van der Waals surface area contributed by atoms with Crippen molar-refractivity contribution in [3.63, 3.8) is 0 Å². The maximum absolute atomic E-state index is 11.9. The molecular weight excluding hydrogens is 266 g/mol. The van der Waals surface area contributed by atoms with E-state index in [1.165, 1.54) is 12.1 Å². The number of anilines is 2. The van der Waals surface area contributed by atoms with Crippen LogP contribution in [-0.2, 0) is 0 Å². The molecule has 104 valence electrons. The van der Waals surface area contributed by atoms with E-state index in [2.05, 4.69) is 20.3 Å². The lowest BCUT2D eigenvalue weighted by atomic mass is 10.1. The number of benzene rings is 1. The van der Waals surface area contributed by atoms with Gasteiger partial charge in [-0.25, -0.2) is 4.63 Å². The molecule has 0 unspecified atom stereocenters. The van der Waals surface area contributed by atoms with Gasteiger partial charge in [0.1, 0.15) is 0 Å². The zero-order valence-electron chi connectivity index (χ0n) is 10.7. The Morgan fingerprint density at radius 3 is 2.60 bits per heavy atom. The summed E-state index contributed by atoms with van der Waals surface area (Å²) in [6, 6.07) is 2.89. The van der Waals surface area contributed by atoms with Crippen molar-refractivity contribution in [3.8, 4) is 0 Å². The number of nitro benzene ring substituents is 1. The molecule has 0 aliphatic carbocycles. The first kappa shape index (κ1) is 13.5. The van der Waals surface area contributed by atoms with E-state index < -0.39 is 10.8 Å². The first-order chi connectivity index (χ1) is 9.40. The second-order valence-electron chi connectivity index (χ2n) is 4.16. The number of aryl methyl sites for hydroxylation is 2. The van der Waals surface area contributed by atoms with E-state index >= 15 is 0 Å². The Labute approximate surface area is 112 Å². The van der Waals surface area contributed by atoms with Gasteiger partial charge in [-0.15, -0.1) is 0 Å². The molecular formula is C11H11N5O4. The Hall–Kier alpha value is -2.97. The number of carbonyl (C=O) groups is 1. The lowest BCUT2D eigenvalue weighted by Gasteiger charge is -2.08. The van der Waals surface area contributed by atoms with Crippen LogP contribution in [0.15, 0.2) is 16.8 Å². The number of hydrogen-bond donors (Lipinski definition) is 2. The standard InChI is InChI=1S/C11H11N5O4/c1-5-4-8(16(18)19)6(2)3-7(5)13-11(17)9-10(12)15-20-14-9/h3-4H,1-2H3,(H2,12,15)(H,13,17). The molecule has 2 aromatic rings. The zero-order chi connectivity index (χ0) is 14.9. The predicted octanol–water partition coefficient (Wildman–Crippen LogP) is 1.43. The molecule has 9 nitrogen and oxygen atoms in total. The highest BCUT2D eigenvalue weighted by atomic mass is 16.6. The Bertz CT molecular complexity index is 694. The van der Waals surface area contributed by atoms with Crippen LogP contribution in [0.25, 0.3) is 0 Å². The highest BCUT2D eigenvalue weighted by Gasteiger charge is 2.19. The van der Waals surface area contributed by atoms with Crippen LogP contribution in [0.4, 0.5) is 17.2 Å². The van der Waals surface area contributed by atoms with Gasteiger partial charge in [0.15, 0.2) is 0 Å². The minimum Gasteiger partial charge on any atom is -0.379 e. The van der Waals surface area contributed by atoms with Crippen molar-refractivity contribution in [1.29, 1.82) is 0 Å². The summed E-state index contributed by atoms with van der Waals surface area (Å²) in [5.74, 6) is -0.723. The number of nitrogens with two attached hydrogens (primary N) is 1. The molecule has 0 radical (unpaired) electrons. The molecule has 1 heterocycles. The Kier molecular flexibility index (Phi) is 3.34. The summed E-state index contributed by atoms with van der Waals surface area (Å²) in [5, 5.41) is 20.0. The summed E-state index contributed by atoms with van der Waals surface area (Å²) in [7, 11) is 0. The summed E-state index contributed by atoms with van der Waals surface area (Å²) in [4.78, 5) is 22.2.